The maximum absolute atomic E-state index is 13.4. The number of hydrogen-bond acceptors (Lipinski definition) is 3. The number of hydrogen-bond donors (Lipinski definition) is 0. The maximum atomic E-state index is 13.4. The van der Waals surface area contributed by atoms with Gasteiger partial charge in [-0.1, -0.05) is 18.2 Å². The van der Waals surface area contributed by atoms with Gasteiger partial charge in [0.25, 0.3) is 0 Å². The molecule has 0 aliphatic carbocycles. The Hall–Kier alpha value is -3.93. The molecule has 0 spiro atoms. The van der Waals surface area contributed by atoms with Gasteiger partial charge in [0, 0.05) is 29.7 Å². The lowest BCUT2D eigenvalue weighted by atomic mass is 10.0. The first kappa shape index (κ1) is 20.0. The van der Waals surface area contributed by atoms with Crippen LogP contribution in [0, 0.1) is 12.7 Å². The van der Waals surface area contributed by atoms with Crippen LogP contribution in [0.3, 0.4) is 0 Å². The van der Waals surface area contributed by atoms with Crippen molar-refractivity contribution in [3.05, 3.63) is 96.6 Å². The van der Waals surface area contributed by atoms with Gasteiger partial charge in [-0.05, 0) is 61.4 Å². The lowest BCUT2D eigenvalue weighted by molar-refractivity contribution is 0.413. The molecule has 160 valence electrons. The summed E-state index contributed by atoms with van der Waals surface area (Å²) >= 11 is 0. The third-order valence-corrected chi connectivity index (χ3v) is 5.85. The molecule has 0 fully saturated rings. The molecule has 0 saturated carbocycles. The van der Waals surface area contributed by atoms with Crippen molar-refractivity contribution < 1.29 is 9.13 Å². The Morgan fingerprint density at radius 2 is 1.81 bits per heavy atom. The van der Waals surface area contributed by atoms with Crippen LogP contribution in [0.25, 0.3) is 28.2 Å². The highest BCUT2D eigenvalue weighted by Crippen LogP contribution is 2.38. The predicted octanol–water partition coefficient (Wildman–Crippen LogP) is 5.91. The van der Waals surface area contributed by atoms with E-state index in [0.29, 0.717) is 0 Å². The molecule has 1 atom stereocenters. The fourth-order valence-electron chi connectivity index (χ4n) is 4.11. The molecule has 2 aliphatic rings. The molecular weight excluding hydrogens is 403 g/mol. The number of imidazole rings is 1. The molecule has 2 aromatic carbocycles. The first-order valence-electron chi connectivity index (χ1n) is 10.5. The molecule has 5 nitrogen and oxygen atoms in total. The monoisotopic (exact) mass is 426 g/mol. The van der Waals surface area contributed by atoms with Crippen LogP contribution in [0.4, 0.5) is 4.39 Å². The summed E-state index contributed by atoms with van der Waals surface area (Å²) < 4.78 is 23.1. The summed E-state index contributed by atoms with van der Waals surface area (Å²) in [7, 11) is 1.67. The number of rotatable bonds is 5. The molecular formula is C26H23FN4O. The molecule has 6 heteroatoms. The third kappa shape index (κ3) is 3.43. The number of benzene rings is 2. The zero-order chi connectivity index (χ0) is 22.2. The Kier molecular flexibility index (Phi) is 4.98. The predicted molar refractivity (Wildman–Crippen MR) is 123 cm³/mol. The Balaban J connectivity index is 1.53. The van der Waals surface area contributed by atoms with Crippen LogP contribution in [-0.2, 0) is 0 Å². The van der Waals surface area contributed by atoms with E-state index in [1.54, 1.807) is 13.4 Å². The Morgan fingerprint density at radius 3 is 2.53 bits per heavy atom. The lowest BCUT2D eigenvalue weighted by Gasteiger charge is -2.20. The molecule has 2 aliphatic heterocycles. The fourth-order valence-corrected chi connectivity index (χ4v) is 4.11. The summed E-state index contributed by atoms with van der Waals surface area (Å²) in [6, 6.07) is 16.9. The highest BCUT2D eigenvalue weighted by Gasteiger charge is 2.20. The smallest absolute Gasteiger partial charge is 0.143 e. The molecule has 0 saturated heterocycles. The Bertz CT molecular complexity index is 1350. The van der Waals surface area contributed by atoms with Crippen LogP contribution >= 0.6 is 0 Å². The average molecular weight is 426 g/mol. The largest absolute Gasteiger partial charge is 0.495 e. The van der Waals surface area contributed by atoms with Crippen molar-refractivity contribution in [2.24, 2.45) is 0 Å². The third-order valence-electron chi connectivity index (χ3n) is 5.85. The van der Waals surface area contributed by atoms with E-state index < -0.39 is 0 Å². The molecule has 1 unspecified atom stereocenters. The molecule has 32 heavy (non-hydrogen) atoms. The van der Waals surface area contributed by atoms with Crippen LogP contribution in [0.1, 0.15) is 24.2 Å². The van der Waals surface area contributed by atoms with E-state index in [9.17, 15) is 4.39 Å². The Labute approximate surface area is 186 Å². The van der Waals surface area contributed by atoms with E-state index >= 15 is 0 Å². The summed E-state index contributed by atoms with van der Waals surface area (Å²) in [6.45, 7) is 4.05. The number of fused-ring (bicyclic) bond motifs is 1. The van der Waals surface area contributed by atoms with Crippen molar-refractivity contribution in [2.75, 3.05) is 7.11 Å². The summed E-state index contributed by atoms with van der Waals surface area (Å²) in [5.41, 5.74) is 6.01. The number of aryl methyl sites for hydroxylation is 1. The number of nitrogens with zero attached hydrogens (tertiary/aromatic N) is 4. The van der Waals surface area contributed by atoms with Crippen molar-refractivity contribution in [2.45, 2.75) is 19.9 Å². The minimum absolute atomic E-state index is 0.0171. The standard InChI is InChI=1S/C26H23FN4O/c1-17-15-30(16-29-17)24-11-8-20(13-25(24)32-3)23-14-28-26-22(23)5-4-12-31(26)18(2)19-6-9-21(27)10-7-19/h4-16,18H,1-3H3. The molecule has 1 aromatic heterocycles. The van der Waals surface area contributed by atoms with Gasteiger partial charge in [0.05, 0.1) is 30.9 Å². The lowest BCUT2D eigenvalue weighted by Crippen LogP contribution is -2.10. The van der Waals surface area contributed by atoms with Gasteiger partial charge in [0.2, 0.25) is 0 Å². The number of halogens is 1. The minimum atomic E-state index is -0.235. The van der Waals surface area contributed by atoms with Crippen LogP contribution in [-0.4, -0.2) is 26.2 Å². The molecule has 0 radical (unpaired) electrons. The first-order chi connectivity index (χ1) is 15.5. The van der Waals surface area contributed by atoms with Gasteiger partial charge in [0.1, 0.15) is 17.4 Å². The molecule has 0 bridgehead atoms. The SMILES string of the molecule is COc1cc(-c2cnc3n(C(C)c4ccc(F)cc4)cccc2-3)ccc1-n1cnc(C)c1. The van der Waals surface area contributed by atoms with Gasteiger partial charge < -0.3 is 13.9 Å². The molecule has 0 amide bonds. The van der Waals surface area contributed by atoms with Crippen molar-refractivity contribution in [3.63, 3.8) is 0 Å². The van der Waals surface area contributed by atoms with Crippen LogP contribution in [0.15, 0.2) is 79.5 Å². The van der Waals surface area contributed by atoms with Crippen molar-refractivity contribution in [1.82, 2.24) is 19.1 Å². The first-order valence-corrected chi connectivity index (χ1v) is 10.5. The maximum Gasteiger partial charge on any atom is 0.143 e. The number of pyridine rings is 1. The fraction of sp³-hybridized carbons (Fsp3) is 0.154. The second kappa shape index (κ2) is 7.96. The van der Waals surface area contributed by atoms with Gasteiger partial charge in [-0.25, -0.2) is 14.4 Å². The van der Waals surface area contributed by atoms with E-state index in [2.05, 4.69) is 28.6 Å². The Morgan fingerprint density at radius 1 is 1.00 bits per heavy atom. The van der Waals surface area contributed by atoms with E-state index in [1.165, 1.54) is 12.1 Å². The zero-order valence-electron chi connectivity index (χ0n) is 18.2. The highest BCUT2D eigenvalue weighted by molar-refractivity contribution is 5.83. The second-order valence-corrected chi connectivity index (χ2v) is 7.86. The van der Waals surface area contributed by atoms with Gasteiger partial charge in [0.15, 0.2) is 0 Å². The van der Waals surface area contributed by atoms with Gasteiger partial charge in [-0.15, -0.1) is 0 Å². The number of methoxy groups -OCH3 is 1. The number of ether oxygens (including phenoxy) is 1. The van der Waals surface area contributed by atoms with E-state index in [4.69, 9.17) is 9.72 Å². The number of aromatic nitrogens is 4. The molecule has 3 aromatic rings. The quantitative estimate of drug-likeness (QED) is 0.351. The second-order valence-electron chi connectivity index (χ2n) is 7.86. The van der Waals surface area contributed by atoms with E-state index in [0.717, 1.165) is 45.2 Å². The summed E-state index contributed by atoms with van der Waals surface area (Å²) in [5.74, 6) is 1.41. The van der Waals surface area contributed by atoms with Crippen molar-refractivity contribution >= 4 is 0 Å². The normalized spacial score (nSPS) is 12.2. The molecule has 5 rings (SSSR count). The van der Waals surface area contributed by atoms with E-state index in [1.807, 2.05) is 60.4 Å². The molecule has 0 N–H and O–H groups in total. The van der Waals surface area contributed by atoms with E-state index in [-0.39, 0.29) is 11.9 Å². The summed E-state index contributed by atoms with van der Waals surface area (Å²) in [4.78, 5) is 9.04. The van der Waals surface area contributed by atoms with Crippen LogP contribution in [0.2, 0.25) is 0 Å². The minimum Gasteiger partial charge on any atom is -0.495 e. The van der Waals surface area contributed by atoms with Crippen LogP contribution < -0.4 is 4.74 Å². The van der Waals surface area contributed by atoms with Gasteiger partial charge in [-0.2, -0.15) is 0 Å². The van der Waals surface area contributed by atoms with Crippen LogP contribution in [0.5, 0.6) is 5.75 Å². The average Bonchev–Trinajstić information content (AvgIpc) is 3.45. The molecule has 3 heterocycles. The van der Waals surface area contributed by atoms with Crippen molar-refractivity contribution in [3.8, 4) is 34.0 Å². The zero-order valence-corrected chi connectivity index (χ0v) is 18.2. The summed E-state index contributed by atoms with van der Waals surface area (Å²) in [5, 5.41) is 0. The van der Waals surface area contributed by atoms with Crippen molar-refractivity contribution in [1.29, 1.82) is 0 Å². The summed E-state index contributed by atoms with van der Waals surface area (Å²) in [6.07, 6.45) is 7.66. The van der Waals surface area contributed by atoms with Gasteiger partial charge >= 0.3 is 0 Å². The highest BCUT2D eigenvalue weighted by atomic mass is 19.1. The topological polar surface area (TPSA) is 44.9 Å². The van der Waals surface area contributed by atoms with Gasteiger partial charge in [-0.3, -0.25) is 0 Å².